The Morgan fingerprint density at radius 3 is 2.37 bits per heavy atom. The minimum Gasteiger partial charge on any atom is -0.368 e. The molecule has 2 aromatic rings. The molecule has 4 bridgehead atoms. The van der Waals surface area contributed by atoms with Crippen LogP contribution in [0.25, 0.3) is 10.9 Å². The van der Waals surface area contributed by atoms with E-state index in [-0.39, 0.29) is 11.3 Å². The van der Waals surface area contributed by atoms with Crippen LogP contribution in [0, 0.1) is 23.2 Å². The zero-order valence-corrected chi connectivity index (χ0v) is 15.5. The molecule has 0 aliphatic heterocycles. The largest absolute Gasteiger partial charge is 0.368 e. The second-order valence-electron chi connectivity index (χ2n) is 9.19. The smallest absolute Gasteiger partial charge is 0.240 e. The number of rotatable bonds is 5. The van der Waals surface area contributed by atoms with Crippen molar-refractivity contribution in [3.63, 3.8) is 0 Å². The van der Waals surface area contributed by atoms with Crippen LogP contribution in [0.5, 0.6) is 0 Å². The van der Waals surface area contributed by atoms with Gasteiger partial charge in [-0.1, -0.05) is 18.2 Å². The molecule has 27 heavy (non-hydrogen) atoms. The predicted octanol–water partition coefficient (Wildman–Crippen LogP) is 2.90. The summed E-state index contributed by atoms with van der Waals surface area (Å²) in [5.74, 6) is 1.69. The molecule has 1 aromatic carbocycles. The number of amides is 2. The van der Waals surface area contributed by atoms with Crippen LogP contribution >= 0.6 is 0 Å². The lowest BCUT2D eigenvalue weighted by atomic mass is 9.49. The van der Waals surface area contributed by atoms with Gasteiger partial charge < -0.3 is 16.0 Å². The number of nitrogens with two attached hydrogens (primary N) is 1. The second-order valence-corrected chi connectivity index (χ2v) is 9.19. The van der Waals surface area contributed by atoms with Crippen LogP contribution < -0.4 is 11.1 Å². The third-order valence-electron chi connectivity index (χ3n) is 7.27. The fourth-order valence-corrected chi connectivity index (χ4v) is 6.44. The quantitative estimate of drug-likeness (QED) is 0.761. The Morgan fingerprint density at radius 2 is 1.74 bits per heavy atom. The SMILES string of the molecule is NC(=O)[C@@H](Cc1c[nH]c2ccccc12)NC(=O)C12CC3CC(CC(C3)C1)C2. The summed E-state index contributed by atoms with van der Waals surface area (Å²) in [5.41, 5.74) is 7.46. The van der Waals surface area contributed by atoms with E-state index >= 15 is 0 Å². The normalized spacial score (nSPS) is 32.5. The van der Waals surface area contributed by atoms with Gasteiger partial charge in [-0.25, -0.2) is 0 Å². The molecule has 2 amide bonds. The Hall–Kier alpha value is -2.30. The zero-order chi connectivity index (χ0) is 18.6. The summed E-state index contributed by atoms with van der Waals surface area (Å²) in [6.45, 7) is 0. The van der Waals surface area contributed by atoms with Gasteiger partial charge in [0.2, 0.25) is 11.8 Å². The van der Waals surface area contributed by atoms with Gasteiger partial charge in [0.25, 0.3) is 0 Å². The Kier molecular flexibility index (Phi) is 3.81. The summed E-state index contributed by atoms with van der Waals surface area (Å²) in [4.78, 5) is 28.6. The summed E-state index contributed by atoms with van der Waals surface area (Å²) in [7, 11) is 0. The van der Waals surface area contributed by atoms with Crippen LogP contribution in [-0.2, 0) is 16.0 Å². The Bertz CT molecular complexity index is 865. The number of fused-ring (bicyclic) bond motifs is 1. The highest BCUT2D eigenvalue weighted by Crippen LogP contribution is 2.60. The molecule has 0 spiro atoms. The average molecular weight is 365 g/mol. The number of benzene rings is 1. The number of hydrogen-bond donors (Lipinski definition) is 3. The van der Waals surface area contributed by atoms with Gasteiger partial charge in [-0.2, -0.15) is 0 Å². The van der Waals surface area contributed by atoms with Gasteiger partial charge in [0.1, 0.15) is 6.04 Å². The molecule has 5 heteroatoms. The molecule has 0 radical (unpaired) electrons. The van der Waals surface area contributed by atoms with Gasteiger partial charge >= 0.3 is 0 Å². The highest BCUT2D eigenvalue weighted by atomic mass is 16.2. The minimum atomic E-state index is -0.662. The number of aromatic nitrogens is 1. The van der Waals surface area contributed by atoms with Gasteiger partial charge in [-0.3, -0.25) is 9.59 Å². The van der Waals surface area contributed by atoms with E-state index < -0.39 is 11.9 Å². The lowest BCUT2D eigenvalue weighted by Crippen LogP contribution is -2.57. The average Bonchev–Trinajstić information content (AvgIpc) is 3.03. The van der Waals surface area contributed by atoms with Gasteiger partial charge in [0.05, 0.1) is 0 Å². The molecule has 4 saturated carbocycles. The van der Waals surface area contributed by atoms with E-state index in [1.165, 1.54) is 19.3 Å². The first-order valence-corrected chi connectivity index (χ1v) is 10.2. The van der Waals surface area contributed by atoms with Gasteiger partial charge in [0, 0.05) is 28.9 Å². The van der Waals surface area contributed by atoms with Crippen molar-refractivity contribution < 1.29 is 9.59 Å². The highest BCUT2D eigenvalue weighted by molar-refractivity contribution is 5.91. The molecule has 5 nitrogen and oxygen atoms in total. The summed E-state index contributed by atoms with van der Waals surface area (Å²) >= 11 is 0. The molecule has 4 fully saturated rings. The van der Waals surface area contributed by atoms with E-state index in [9.17, 15) is 9.59 Å². The number of aromatic amines is 1. The molecule has 0 unspecified atom stereocenters. The molecule has 0 saturated heterocycles. The molecule has 1 aromatic heterocycles. The maximum absolute atomic E-state index is 13.3. The lowest BCUT2D eigenvalue weighted by molar-refractivity contribution is -0.148. The van der Waals surface area contributed by atoms with Crippen LogP contribution in [0.1, 0.15) is 44.1 Å². The van der Waals surface area contributed by atoms with Crippen molar-refractivity contribution in [2.24, 2.45) is 28.9 Å². The molecule has 6 rings (SSSR count). The number of para-hydroxylation sites is 1. The maximum Gasteiger partial charge on any atom is 0.240 e. The summed E-state index contributed by atoms with van der Waals surface area (Å²) in [5, 5.41) is 4.13. The van der Waals surface area contributed by atoms with E-state index in [1.807, 2.05) is 30.5 Å². The number of carbonyl (C=O) groups is 2. The number of hydrogen-bond acceptors (Lipinski definition) is 2. The van der Waals surface area contributed by atoms with Crippen molar-refractivity contribution in [2.75, 3.05) is 0 Å². The van der Waals surface area contributed by atoms with E-state index in [4.69, 9.17) is 5.73 Å². The predicted molar refractivity (Wildman–Crippen MR) is 104 cm³/mol. The monoisotopic (exact) mass is 365 g/mol. The van der Waals surface area contributed by atoms with E-state index in [2.05, 4.69) is 10.3 Å². The molecule has 1 atom stereocenters. The van der Waals surface area contributed by atoms with Crippen LogP contribution in [0.3, 0.4) is 0 Å². The maximum atomic E-state index is 13.3. The molecule has 142 valence electrons. The third kappa shape index (κ3) is 2.84. The Balaban J connectivity index is 1.36. The first kappa shape index (κ1) is 16.8. The molecular weight excluding hydrogens is 338 g/mol. The van der Waals surface area contributed by atoms with Crippen LogP contribution in [0.4, 0.5) is 0 Å². The van der Waals surface area contributed by atoms with Crippen LogP contribution in [0.2, 0.25) is 0 Å². The number of H-pyrrole nitrogens is 1. The van der Waals surface area contributed by atoms with E-state index in [0.717, 1.165) is 35.7 Å². The summed E-state index contributed by atoms with van der Waals surface area (Å²) in [6.07, 6.45) is 9.19. The third-order valence-corrected chi connectivity index (χ3v) is 7.27. The number of nitrogens with one attached hydrogen (secondary N) is 2. The second kappa shape index (κ2) is 6.11. The van der Waals surface area contributed by atoms with Crippen LogP contribution in [-0.4, -0.2) is 22.8 Å². The van der Waals surface area contributed by atoms with Gasteiger partial charge in [-0.15, -0.1) is 0 Å². The first-order chi connectivity index (χ1) is 13.0. The molecule has 4 aliphatic rings. The van der Waals surface area contributed by atoms with E-state index in [0.29, 0.717) is 24.2 Å². The summed E-state index contributed by atoms with van der Waals surface area (Å²) in [6, 6.07) is 7.33. The van der Waals surface area contributed by atoms with Crippen molar-refractivity contribution in [3.05, 3.63) is 36.0 Å². The molecule has 4 N–H and O–H groups in total. The van der Waals surface area contributed by atoms with E-state index in [1.54, 1.807) is 0 Å². The van der Waals surface area contributed by atoms with Crippen molar-refractivity contribution >= 4 is 22.7 Å². The standard InChI is InChI=1S/C22H27N3O2/c23-20(26)19(8-16-12-24-18-4-2-1-3-17(16)18)25-21(27)22-9-13-5-14(10-22)7-15(6-13)11-22/h1-4,12-15,19,24H,5-11H2,(H2,23,26)(H,25,27)/t13?,14?,15?,19-,22?/m1/s1. The van der Waals surface area contributed by atoms with Crippen molar-refractivity contribution in [1.82, 2.24) is 10.3 Å². The van der Waals surface area contributed by atoms with Crippen molar-refractivity contribution in [2.45, 2.75) is 51.0 Å². The summed E-state index contributed by atoms with van der Waals surface area (Å²) < 4.78 is 0. The Labute approximate surface area is 159 Å². The lowest BCUT2D eigenvalue weighted by Gasteiger charge is -2.55. The van der Waals surface area contributed by atoms with Crippen molar-refractivity contribution in [3.8, 4) is 0 Å². The number of carbonyl (C=O) groups excluding carboxylic acids is 2. The first-order valence-electron chi connectivity index (χ1n) is 10.2. The molecule has 4 aliphatic carbocycles. The minimum absolute atomic E-state index is 0.0604. The Morgan fingerprint density at radius 1 is 1.11 bits per heavy atom. The molecular formula is C22H27N3O2. The van der Waals surface area contributed by atoms with Crippen molar-refractivity contribution in [1.29, 1.82) is 0 Å². The topological polar surface area (TPSA) is 88.0 Å². The van der Waals surface area contributed by atoms with Gasteiger partial charge in [-0.05, 0) is 67.9 Å². The van der Waals surface area contributed by atoms with Crippen LogP contribution in [0.15, 0.2) is 30.5 Å². The fraction of sp³-hybridized carbons (Fsp3) is 0.545. The number of primary amides is 1. The van der Waals surface area contributed by atoms with Gasteiger partial charge in [0.15, 0.2) is 0 Å². The zero-order valence-electron chi connectivity index (χ0n) is 15.5. The highest BCUT2D eigenvalue weighted by Gasteiger charge is 2.54. The fourth-order valence-electron chi connectivity index (χ4n) is 6.44. The molecule has 1 heterocycles.